The van der Waals surface area contributed by atoms with Crippen LogP contribution in [0.1, 0.15) is 34.2 Å². The van der Waals surface area contributed by atoms with Gasteiger partial charge in [0.15, 0.2) is 0 Å². The number of nitrogens with zero attached hydrogens (tertiary/aromatic N) is 1. The molecule has 0 saturated heterocycles. The molecule has 0 bridgehead atoms. The van der Waals surface area contributed by atoms with Crippen LogP contribution in [0.3, 0.4) is 0 Å². The number of rotatable bonds is 7. The van der Waals surface area contributed by atoms with Gasteiger partial charge in [0.25, 0.3) is 5.91 Å². The summed E-state index contributed by atoms with van der Waals surface area (Å²) in [5, 5.41) is 13.0. The Kier molecular flexibility index (Phi) is 6.13. The summed E-state index contributed by atoms with van der Waals surface area (Å²) in [5.74, 6) is 0.448. The zero-order chi connectivity index (χ0) is 17.7. The average molecular weight is 346 g/mol. The number of carbonyl (C=O) groups excluding carboxylic acids is 1. The molecule has 1 aromatic heterocycles. The molecule has 1 heterocycles. The van der Waals surface area contributed by atoms with Crippen LogP contribution in [0.2, 0.25) is 0 Å². The number of aryl methyl sites for hydroxylation is 1. The molecule has 2 aromatic rings. The minimum absolute atomic E-state index is 0.135. The molecule has 0 aliphatic carbocycles. The average Bonchev–Trinajstić information content (AvgIpc) is 2.82. The molecule has 0 saturated carbocycles. The van der Waals surface area contributed by atoms with Gasteiger partial charge in [0.2, 0.25) is 0 Å². The number of hydrogen-bond donors (Lipinski definition) is 2. The lowest BCUT2D eigenvalue weighted by Gasteiger charge is -2.22. The highest BCUT2D eigenvalue weighted by molar-refractivity contribution is 7.98. The van der Waals surface area contributed by atoms with Crippen LogP contribution in [0, 0.1) is 13.8 Å². The van der Waals surface area contributed by atoms with Crippen LogP contribution < -0.4 is 5.32 Å². The maximum Gasteiger partial charge on any atom is 0.253 e. The molecule has 24 heavy (non-hydrogen) atoms. The molecular formula is C19H26N2O2S. The summed E-state index contributed by atoms with van der Waals surface area (Å²) < 4.78 is 2.14. The summed E-state index contributed by atoms with van der Waals surface area (Å²) in [5.41, 5.74) is 2.97. The van der Waals surface area contributed by atoms with Gasteiger partial charge in [0, 0.05) is 30.2 Å². The minimum atomic E-state index is -0.898. The molecule has 2 N–H and O–H groups in total. The van der Waals surface area contributed by atoms with E-state index in [0.29, 0.717) is 11.3 Å². The molecule has 0 radical (unpaired) electrons. The molecule has 0 spiro atoms. The summed E-state index contributed by atoms with van der Waals surface area (Å²) in [7, 11) is 0. The van der Waals surface area contributed by atoms with Gasteiger partial charge in [0.05, 0.1) is 11.2 Å². The zero-order valence-corrected chi connectivity index (χ0v) is 15.6. The van der Waals surface area contributed by atoms with E-state index in [9.17, 15) is 9.90 Å². The fourth-order valence-electron chi connectivity index (χ4n) is 2.77. The third-order valence-electron chi connectivity index (χ3n) is 4.09. The van der Waals surface area contributed by atoms with Gasteiger partial charge in [0.1, 0.15) is 0 Å². The molecule has 0 aliphatic heterocycles. The highest BCUT2D eigenvalue weighted by Gasteiger charge is 2.22. The van der Waals surface area contributed by atoms with Crippen LogP contribution in [-0.4, -0.2) is 39.7 Å². The number of thioether (sulfide) groups is 1. The van der Waals surface area contributed by atoms with Crippen molar-refractivity contribution in [3.8, 4) is 0 Å². The van der Waals surface area contributed by atoms with E-state index in [2.05, 4.69) is 22.0 Å². The van der Waals surface area contributed by atoms with Crippen molar-refractivity contribution in [3.05, 3.63) is 58.9 Å². The second-order valence-corrected chi connectivity index (χ2v) is 7.34. The first-order valence-electron chi connectivity index (χ1n) is 8.04. The highest BCUT2D eigenvalue weighted by Crippen LogP contribution is 2.18. The number of aliphatic hydroxyl groups is 1. The van der Waals surface area contributed by atoms with E-state index in [0.717, 1.165) is 17.9 Å². The second-order valence-electron chi connectivity index (χ2n) is 6.47. The van der Waals surface area contributed by atoms with Gasteiger partial charge >= 0.3 is 0 Å². The molecule has 130 valence electrons. The normalized spacial score (nSPS) is 13.5. The molecule has 1 unspecified atom stereocenters. The first-order valence-corrected chi connectivity index (χ1v) is 9.43. The van der Waals surface area contributed by atoms with Gasteiger partial charge in [-0.15, -0.1) is 0 Å². The van der Waals surface area contributed by atoms with Gasteiger partial charge in [-0.05, 0) is 38.7 Å². The van der Waals surface area contributed by atoms with Crippen molar-refractivity contribution in [1.29, 1.82) is 0 Å². The third-order valence-corrected chi connectivity index (χ3v) is 5.00. The highest BCUT2D eigenvalue weighted by atomic mass is 32.2. The summed E-state index contributed by atoms with van der Waals surface area (Å²) in [6.45, 7) is 6.70. The summed E-state index contributed by atoms with van der Waals surface area (Å²) in [6.07, 6.45) is 1.94. The number of carbonyl (C=O) groups is 1. The SMILES string of the molecule is CSCC(C)(O)CNC(=O)c1cc(C)n(Cc2ccccc2)c1C. The molecule has 2 rings (SSSR count). The molecule has 1 atom stereocenters. The van der Waals surface area contributed by atoms with Gasteiger partial charge in [-0.2, -0.15) is 11.8 Å². The summed E-state index contributed by atoms with van der Waals surface area (Å²) in [4.78, 5) is 12.5. The Labute approximate surface area is 148 Å². The topological polar surface area (TPSA) is 54.3 Å². The maximum absolute atomic E-state index is 12.5. The van der Waals surface area contributed by atoms with Crippen molar-refractivity contribution in [3.63, 3.8) is 0 Å². The Hall–Kier alpha value is -1.72. The van der Waals surface area contributed by atoms with Crippen molar-refractivity contribution < 1.29 is 9.90 Å². The Bertz CT molecular complexity index is 693. The number of nitrogens with one attached hydrogen (secondary N) is 1. The predicted molar refractivity (Wildman–Crippen MR) is 101 cm³/mol. The lowest BCUT2D eigenvalue weighted by atomic mass is 10.1. The number of aromatic nitrogens is 1. The monoisotopic (exact) mass is 346 g/mol. The van der Waals surface area contributed by atoms with E-state index in [1.54, 1.807) is 18.7 Å². The van der Waals surface area contributed by atoms with Crippen molar-refractivity contribution >= 4 is 17.7 Å². The standard InChI is InChI=1S/C19H26N2O2S/c1-14-10-17(18(22)20-12-19(3,23)13-24-4)15(2)21(14)11-16-8-6-5-7-9-16/h5-10,23H,11-13H2,1-4H3,(H,20,22). The number of benzene rings is 1. The van der Waals surface area contributed by atoms with E-state index >= 15 is 0 Å². The van der Waals surface area contributed by atoms with Crippen LogP contribution in [-0.2, 0) is 6.54 Å². The van der Waals surface area contributed by atoms with E-state index in [4.69, 9.17) is 0 Å². The van der Waals surface area contributed by atoms with E-state index in [-0.39, 0.29) is 12.5 Å². The van der Waals surface area contributed by atoms with Crippen LogP contribution in [0.5, 0.6) is 0 Å². The van der Waals surface area contributed by atoms with Gasteiger partial charge in [-0.25, -0.2) is 0 Å². The Morgan fingerprint density at radius 3 is 2.58 bits per heavy atom. The minimum Gasteiger partial charge on any atom is -0.387 e. The van der Waals surface area contributed by atoms with Crippen LogP contribution in [0.4, 0.5) is 0 Å². The van der Waals surface area contributed by atoms with E-state index in [1.807, 2.05) is 44.4 Å². The smallest absolute Gasteiger partial charge is 0.253 e. The van der Waals surface area contributed by atoms with Gasteiger partial charge in [-0.3, -0.25) is 4.79 Å². The molecule has 1 amide bonds. The zero-order valence-electron chi connectivity index (χ0n) is 14.8. The fraction of sp³-hybridized carbons (Fsp3) is 0.421. The van der Waals surface area contributed by atoms with Crippen LogP contribution in [0.25, 0.3) is 0 Å². The molecule has 5 heteroatoms. The fourth-order valence-corrected chi connectivity index (χ4v) is 3.49. The first kappa shape index (κ1) is 18.6. The quantitative estimate of drug-likeness (QED) is 0.810. The van der Waals surface area contributed by atoms with Gasteiger partial charge < -0.3 is 15.0 Å². The second kappa shape index (κ2) is 7.90. The third kappa shape index (κ3) is 4.65. The van der Waals surface area contributed by atoms with E-state index in [1.165, 1.54) is 5.56 Å². The molecule has 1 aromatic carbocycles. The van der Waals surface area contributed by atoms with Crippen molar-refractivity contribution in [2.45, 2.75) is 32.9 Å². The van der Waals surface area contributed by atoms with Crippen molar-refractivity contribution in [1.82, 2.24) is 9.88 Å². The molecule has 4 nitrogen and oxygen atoms in total. The van der Waals surface area contributed by atoms with Crippen molar-refractivity contribution in [2.75, 3.05) is 18.6 Å². The van der Waals surface area contributed by atoms with E-state index < -0.39 is 5.60 Å². The lowest BCUT2D eigenvalue weighted by Crippen LogP contribution is -2.42. The van der Waals surface area contributed by atoms with Gasteiger partial charge in [-0.1, -0.05) is 30.3 Å². The number of amides is 1. The Morgan fingerprint density at radius 2 is 1.96 bits per heavy atom. The Morgan fingerprint density at radius 1 is 1.29 bits per heavy atom. The molecule has 0 aliphatic rings. The van der Waals surface area contributed by atoms with Crippen LogP contribution in [0.15, 0.2) is 36.4 Å². The largest absolute Gasteiger partial charge is 0.387 e. The first-order chi connectivity index (χ1) is 11.3. The summed E-state index contributed by atoms with van der Waals surface area (Å²) in [6, 6.07) is 12.1. The Balaban J connectivity index is 2.11. The maximum atomic E-state index is 12.5. The molecular weight excluding hydrogens is 320 g/mol. The lowest BCUT2D eigenvalue weighted by molar-refractivity contribution is 0.0724. The van der Waals surface area contributed by atoms with Crippen LogP contribution >= 0.6 is 11.8 Å². The summed E-state index contributed by atoms with van der Waals surface area (Å²) >= 11 is 1.56. The predicted octanol–water partition coefficient (Wildman–Crippen LogP) is 3.00. The molecule has 0 fully saturated rings. The number of hydrogen-bond acceptors (Lipinski definition) is 3. The van der Waals surface area contributed by atoms with Crippen molar-refractivity contribution in [2.24, 2.45) is 0 Å².